The molecule has 0 aromatic carbocycles. The lowest BCUT2D eigenvalue weighted by Gasteiger charge is -2.41. The van der Waals surface area contributed by atoms with Crippen molar-refractivity contribution >= 4 is 23.7 Å². The van der Waals surface area contributed by atoms with Gasteiger partial charge in [0.25, 0.3) is 5.91 Å². The lowest BCUT2D eigenvalue weighted by molar-refractivity contribution is -0.126. The van der Waals surface area contributed by atoms with Gasteiger partial charge in [-0.15, -0.1) is 0 Å². The number of urea groups is 1. The highest BCUT2D eigenvalue weighted by atomic mass is 16.2. The second-order valence-electron chi connectivity index (χ2n) is 6.99. The summed E-state index contributed by atoms with van der Waals surface area (Å²) in [6, 6.07) is 6.50. The van der Waals surface area contributed by atoms with Crippen molar-refractivity contribution in [3.05, 3.63) is 54.0 Å². The topological polar surface area (TPSA) is 130 Å². The van der Waals surface area contributed by atoms with Gasteiger partial charge in [-0.1, -0.05) is 6.07 Å². The average molecular weight is 380 g/mol. The van der Waals surface area contributed by atoms with Crippen molar-refractivity contribution in [2.24, 2.45) is 11.7 Å². The van der Waals surface area contributed by atoms with Gasteiger partial charge >= 0.3 is 6.03 Å². The van der Waals surface area contributed by atoms with E-state index in [1.54, 1.807) is 30.6 Å². The molecule has 0 aliphatic carbocycles. The van der Waals surface area contributed by atoms with Crippen LogP contribution in [0, 0.1) is 5.92 Å². The number of anilines is 1. The maximum atomic E-state index is 12.8. The summed E-state index contributed by atoms with van der Waals surface area (Å²) in [4.78, 5) is 46.4. The van der Waals surface area contributed by atoms with Crippen LogP contribution < -0.4 is 21.3 Å². The first-order valence-electron chi connectivity index (χ1n) is 9.05. The molecular weight excluding hydrogens is 360 g/mol. The molecule has 4 N–H and O–H groups in total. The molecule has 4 amide bonds. The number of primary amides is 1. The van der Waals surface area contributed by atoms with Gasteiger partial charge in [0.15, 0.2) is 5.54 Å². The molecule has 9 heteroatoms. The van der Waals surface area contributed by atoms with Crippen molar-refractivity contribution < 1.29 is 14.4 Å². The van der Waals surface area contributed by atoms with Gasteiger partial charge in [0.2, 0.25) is 5.91 Å². The summed E-state index contributed by atoms with van der Waals surface area (Å²) >= 11 is 0. The summed E-state index contributed by atoms with van der Waals surface area (Å²) < 4.78 is 0. The molecule has 0 spiro atoms. The lowest BCUT2D eigenvalue weighted by atomic mass is 9.73. The fourth-order valence-corrected chi connectivity index (χ4v) is 4.05. The van der Waals surface area contributed by atoms with E-state index in [0.29, 0.717) is 37.1 Å². The summed E-state index contributed by atoms with van der Waals surface area (Å²) in [6.07, 6.45) is 6.09. The molecular formula is C19H20N6O3. The first-order valence-corrected chi connectivity index (χ1v) is 9.05. The van der Waals surface area contributed by atoms with E-state index in [9.17, 15) is 14.4 Å². The molecule has 4 heterocycles. The van der Waals surface area contributed by atoms with Gasteiger partial charge < -0.3 is 16.0 Å². The van der Waals surface area contributed by atoms with E-state index in [1.807, 2.05) is 6.07 Å². The quantitative estimate of drug-likeness (QED) is 0.663. The van der Waals surface area contributed by atoms with E-state index in [1.165, 1.54) is 6.20 Å². The molecule has 0 radical (unpaired) electrons. The number of aromatic nitrogens is 2. The van der Waals surface area contributed by atoms with Crippen LogP contribution in [0.2, 0.25) is 0 Å². The van der Waals surface area contributed by atoms with Crippen LogP contribution in [0.4, 0.5) is 10.6 Å². The highest BCUT2D eigenvalue weighted by Crippen LogP contribution is 2.39. The second kappa shape index (κ2) is 6.91. The van der Waals surface area contributed by atoms with Crippen LogP contribution >= 0.6 is 0 Å². The zero-order chi connectivity index (χ0) is 19.7. The highest BCUT2D eigenvalue weighted by molar-refractivity contribution is 6.07. The minimum atomic E-state index is -1.11. The third-order valence-electron chi connectivity index (χ3n) is 5.48. The highest BCUT2D eigenvalue weighted by Gasteiger charge is 2.53. The Labute approximate surface area is 161 Å². The van der Waals surface area contributed by atoms with Crippen LogP contribution in [0.1, 0.15) is 28.8 Å². The molecule has 144 valence electrons. The van der Waals surface area contributed by atoms with E-state index >= 15 is 0 Å². The Morgan fingerprint density at radius 3 is 2.50 bits per heavy atom. The van der Waals surface area contributed by atoms with Crippen LogP contribution in [-0.2, 0) is 10.3 Å². The van der Waals surface area contributed by atoms with E-state index in [0.717, 1.165) is 5.82 Å². The monoisotopic (exact) mass is 380 g/mol. The molecule has 2 saturated heterocycles. The average Bonchev–Trinajstić information content (AvgIpc) is 3.03. The van der Waals surface area contributed by atoms with Crippen molar-refractivity contribution in [2.75, 3.05) is 18.0 Å². The molecule has 0 bridgehead atoms. The van der Waals surface area contributed by atoms with E-state index in [2.05, 4.69) is 25.5 Å². The Kier molecular flexibility index (Phi) is 4.42. The molecule has 28 heavy (non-hydrogen) atoms. The van der Waals surface area contributed by atoms with Crippen LogP contribution in [0.5, 0.6) is 0 Å². The van der Waals surface area contributed by atoms with Gasteiger partial charge in [0.1, 0.15) is 5.82 Å². The predicted molar refractivity (Wildman–Crippen MR) is 100 cm³/mol. The summed E-state index contributed by atoms with van der Waals surface area (Å²) in [5.74, 6) is -0.185. The van der Waals surface area contributed by atoms with Gasteiger partial charge in [-0.05, 0) is 37.0 Å². The number of hydrogen-bond acceptors (Lipinski definition) is 6. The number of pyridine rings is 2. The first-order chi connectivity index (χ1) is 13.5. The number of nitrogens with two attached hydrogens (primary N) is 1. The van der Waals surface area contributed by atoms with Gasteiger partial charge in [-0.3, -0.25) is 19.9 Å². The third kappa shape index (κ3) is 2.94. The second-order valence-corrected chi connectivity index (χ2v) is 6.99. The maximum Gasteiger partial charge on any atom is 0.322 e. The van der Waals surface area contributed by atoms with Gasteiger partial charge in [0, 0.05) is 37.2 Å². The van der Waals surface area contributed by atoms with Crippen molar-refractivity contribution in [3.63, 3.8) is 0 Å². The minimum absolute atomic E-state index is 0.0794. The Hall–Kier alpha value is -3.49. The normalized spacial score (nSPS) is 22.6. The molecule has 2 aromatic heterocycles. The fraction of sp³-hybridized carbons (Fsp3) is 0.316. The number of nitrogens with one attached hydrogen (secondary N) is 2. The number of amides is 4. The Bertz CT molecular complexity index is 909. The standard InChI is InChI=1S/C19H20N6O3/c20-16(26)12-3-4-15(22-10-12)25-8-5-13(6-9-25)19(14-2-1-7-21-11-14)17(27)23-18(28)24-19/h1-4,7,10-11,13H,5-6,8-9H2,(H2,20,26)(H2,23,24,27,28). The Balaban J connectivity index is 1.55. The van der Waals surface area contributed by atoms with E-state index < -0.39 is 17.5 Å². The Morgan fingerprint density at radius 1 is 1.18 bits per heavy atom. The molecule has 2 fully saturated rings. The Morgan fingerprint density at radius 2 is 1.96 bits per heavy atom. The summed E-state index contributed by atoms with van der Waals surface area (Å²) in [7, 11) is 0. The number of nitrogens with zero attached hydrogens (tertiary/aromatic N) is 3. The van der Waals surface area contributed by atoms with Crippen molar-refractivity contribution in [1.29, 1.82) is 0 Å². The lowest BCUT2D eigenvalue weighted by Crippen LogP contribution is -2.53. The molecule has 1 atom stereocenters. The molecule has 4 rings (SSSR count). The van der Waals surface area contributed by atoms with Crippen LogP contribution in [0.3, 0.4) is 0 Å². The largest absolute Gasteiger partial charge is 0.366 e. The molecule has 1 unspecified atom stereocenters. The number of carbonyl (C=O) groups is 3. The minimum Gasteiger partial charge on any atom is -0.366 e. The summed E-state index contributed by atoms with van der Waals surface area (Å²) in [5, 5.41) is 5.23. The molecule has 2 aliphatic rings. The molecule has 2 aromatic rings. The number of carbonyl (C=O) groups excluding carboxylic acids is 3. The predicted octanol–water partition coefficient (Wildman–Crippen LogP) is 0.527. The molecule has 2 aliphatic heterocycles. The summed E-state index contributed by atoms with van der Waals surface area (Å²) in [6.45, 7) is 1.33. The third-order valence-corrected chi connectivity index (χ3v) is 5.48. The molecule has 0 saturated carbocycles. The maximum absolute atomic E-state index is 12.8. The number of rotatable bonds is 4. The van der Waals surface area contributed by atoms with Crippen LogP contribution in [0.15, 0.2) is 42.9 Å². The van der Waals surface area contributed by atoms with Crippen molar-refractivity contribution in [2.45, 2.75) is 18.4 Å². The number of piperidine rings is 1. The van der Waals surface area contributed by atoms with E-state index in [4.69, 9.17) is 5.73 Å². The first kappa shape index (κ1) is 17.9. The fourth-order valence-electron chi connectivity index (χ4n) is 4.05. The summed E-state index contributed by atoms with van der Waals surface area (Å²) in [5.41, 5.74) is 5.19. The van der Waals surface area contributed by atoms with Crippen LogP contribution in [-0.4, -0.2) is 40.9 Å². The smallest absolute Gasteiger partial charge is 0.322 e. The van der Waals surface area contributed by atoms with Gasteiger partial charge in [0.05, 0.1) is 5.56 Å². The van der Waals surface area contributed by atoms with Crippen molar-refractivity contribution in [3.8, 4) is 0 Å². The zero-order valence-electron chi connectivity index (χ0n) is 15.1. The number of hydrogen-bond donors (Lipinski definition) is 3. The van der Waals surface area contributed by atoms with Gasteiger partial charge in [-0.2, -0.15) is 0 Å². The van der Waals surface area contributed by atoms with Crippen LogP contribution in [0.25, 0.3) is 0 Å². The van der Waals surface area contributed by atoms with Gasteiger partial charge in [-0.25, -0.2) is 9.78 Å². The van der Waals surface area contributed by atoms with E-state index in [-0.39, 0.29) is 11.8 Å². The number of imide groups is 1. The van der Waals surface area contributed by atoms with Crippen molar-refractivity contribution in [1.82, 2.24) is 20.6 Å². The molecule has 9 nitrogen and oxygen atoms in total. The zero-order valence-corrected chi connectivity index (χ0v) is 15.1. The SMILES string of the molecule is NC(=O)c1ccc(N2CCC(C3(c4cccnc4)NC(=O)NC3=O)CC2)nc1.